The first-order valence-corrected chi connectivity index (χ1v) is 11.6. The molecule has 2 aliphatic carbocycles. The van der Waals surface area contributed by atoms with Gasteiger partial charge in [-0.2, -0.15) is 0 Å². The summed E-state index contributed by atoms with van der Waals surface area (Å²) >= 11 is 0. The van der Waals surface area contributed by atoms with Crippen molar-refractivity contribution >= 4 is 21.4 Å². The van der Waals surface area contributed by atoms with Crippen LogP contribution in [0.3, 0.4) is 0 Å². The standard InChI is InChI=1S/C22H26N2O3S/c23-18-8-10-20-17(13-18)5-2-6-21(20)24-22(25)11-12-28(26,27)19-9-7-15-3-1-4-16(15)14-19/h7-10,13-14,21H,1-6,11-12,23H2,(H,24,25). The van der Waals surface area contributed by atoms with E-state index in [-0.39, 0.29) is 24.1 Å². The molecule has 0 aliphatic heterocycles. The molecule has 0 spiro atoms. The maximum Gasteiger partial charge on any atom is 0.221 e. The second-order valence-electron chi connectivity index (χ2n) is 7.82. The van der Waals surface area contributed by atoms with Gasteiger partial charge in [-0.05, 0) is 85.0 Å². The molecule has 1 unspecified atom stereocenters. The highest BCUT2D eigenvalue weighted by molar-refractivity contribution is 7.91. The highest BCUT2D eigenvalue weighted by Crippen LogP contribution is 2.31. The Morgan fingerprint density at radius 2 is 1.79 bits per heavy atom. The molecule has 0 radical (unpaired) electrons. The van der Waals surface area contributed by atoms with Crippen LogP contribution in [-0.4, -0.2) is 20.1 Å². The Labute approximate surface area is 166 Å². The third-order valence-corrected chi connectivity index (χ3v) is 7.56. The van der Waals surface area contributed by atoms with Crippen molar-refractivity contribution in [3.63, 3.8) is 0 Å². The zero-order valence-electron chi connectivity index (χ0n) is 15.9. The van der Waals surface area contributed by atoms with Crippen LogP contribution in [0.15, 0.2) is 41.3 Å². The Kier molecular flexibility index (Phi) is 5.15. The molecule has 0 heterocycles. The molecular weight excluding hydrogens is 372 g/mol. The minimum atomic E-state index is -3.46. The zero-order valence-corrected chi connectivity index (χ0v) is 16.7. The van der Waals surface area contributed by atoms with Crippen molar-refractivity contribution in [3.05, 3.63) is 58.7 Å². The fraction of sp³-hybridized carbons (Fsp3) is 0.409. The number of hydrogen-bond donors (Lipinski definition) is 2. The quantitative estimate of drug-likeness (QED) is 0.758. The summed E-state index contributed by atoms with van der Waals surface area (Å²) in [5.41, 5.74) is 11.2. The van der Waals surface area contributed by atoms with Gasteiger partial charge in [-0.25, -0.2) is 8.42 Å². The van der Waals surface area contributed by atoms with Crippen molar-refractivity contribution in [2.75, 3.05) is 11.5 Å². The third kappa shape index (κ3) is 3.92. The Balaban J connectivity index is 1.40. The molecule has 2 aliphatic rings. The number of fused-ring (bicyclic) bond motifs is 2. The van der Waals surface area contributed by atoms with Gasteiger partial charge in [0.1, 0.15) is 0 Å². The maximum absolute atomic E-state index is 12.7. The van der Waals surface area contributed by atoms with Crippen LogP contribution in [0.1, 0.15) is 54.0 Å². The van der Waals surface area contributed by atoms with Crippen molar-refractivity contribution in [2.24, 2.45) is 0 Å². The van der Waals surface area contributed by atoms with Crippen LogP contribution in [0.25, 0.3) is 0 Å². The fourth-order valence-electron chi connectivity index (χ4n) is 4.34. The van der Waals surface area contributed by atoms with Crippen molar-refractivity contribution in [1.82, 2.24) is 5.32 Å². The molecule has 2 aromatic rings. The number of carbonyl (C=O) groups is 1. The lowest BCUT2D eigenvalue weighted by molar-refractivity contribution is -0.121. The molecule has 0 saturated carbocycles. The summed E-state index contributed by atoms with van der Waals surface area (Å²) in [5, 5.41) is 3.02. The van der Waals surface area contributed by atoms with E-state index in [1.165, 1.54) is 11.1 Å². The van der Waals surface area contributed by atoms with E-state index in [2.05, 4.69) is 5.32 Å². The van der Waals surface area contributed by atoms with Crippen molar-refractivity contribution in [3.8, 4) is 0 Å². The minimum absolute atomic E-state index is 0.0276. The Bertz CT molecular complexity index is 1010. The number of carbonyl (C=O) groups excluding carboxylic acids is 1. The summed E-state index contributed by atoms with van der Waals surface area (Å²) in [6, 6.07) is 11.1. The molecule has 0 bridgehead atoms. The lowest BCUT2D eigenvalue weighted by atomic mass is 9.87. The van der Waals surface area contributed by atoms with Gasteiger partial charge in [0, 0.05) is 12.1 Å². The lowest BCUT2D eigenvalue weighted by Crippen LogP contribution is -2.32. The molecule has 0 aromatic heterocycles. The molecule has 4 rings (SSSR count). The molecule has 148 valence electrons. The first-order valence-electron chi connectivity index (χ1n) is 9.94. The number of rotatable bonds is 5. The van der Waals surface area contributed by atoms with Crippen LogP contribution in [0.5, 0.6) is 0 Å². The van der Waals surface area contributed by atoms with Gasteiger partial charge in [-0.3, -0.25) is 4.79 Å². The number of sulfone groups is 1. The van der Waals surface area contributed by atoms with Gasteiger partial charge in [0.2, 0.25) is 5.91 Å². The van der Waals surface area contributed by atoms with E-state index in [1.807, 2.05) is 24.3 Å². The van der Waals surface area contributed by atoms with E-state index in [1.54, 1.807) is 12.1 Å². The molecule has 1 amide bonds. The van der Waals surface area contributed by atoms with Crippen molar-refractivity contribution < 1.29 is 13.2 Å². The number of benzene rings is 2. The summed E-state index contributed by atoms with van der Waals surface area (Å²) in [6.07, 6.45) is 5.81. The number of nitrogens with two attached hydrogens (primary N) is 1. The minimum Gasteiger partial charge on any atom is -0.399 e. The molecule has 0 saturated heterocycles. The first-order chi connectivity index (χ1) is 13.4. The van der Waals surface area contributed by atoms with E-state index in [0.717, 1.165) is 55.3 Å². The molecule has 0 fully saturated rings. The Hall–Kier alpha value is -2.34. The van der Waals surface area contributed by atoms with Gasteiger partial charge >= 0.3 is 0 Å². The van der Waals surface area contributed by atoms with Gasteiger partial charge in [0.05, 0.1) is 16.7 Å². The molecule has 6 heteroatoms. The molecular formula is C22H26N2O3S. The number of amides is 1. The van der Waals surface area contributed by atoms with Gasteiger partial charge in [0.25, 0.3) is 0 Å². The highest BCUT2D eigenvalue weighted by Gasteiger charge is 2.24. The molecule has 5 nitrogen and oxygen atoms in total. The Morgan fingerprint density at radius 3 is 2.64 bits per heavy atom. The SMILES string of the molecule is Nc1ccc2c(c1)CCCC2NC(=O)CCS(=O)(=O)c1ccc2c(c1)CCC2. The monoisotopic (exact) mass is 398 g/mol. The predicted molar refractivity (Wildman–Crippen MR) is 110 cm³/mol. The van der Waals surface area contributed by atoms with Crippen molar-refractivity contribution in [1.29, 1.82) is 0 Å². The van der Waals surface area contributed by atoms with Gasteiger partial charge in [0.15, 0.2) is 9.84 Å². The van der Waals surface area contributed by atoms with Crippen LogP contribution in [0, 0.1) is 0 Å². The number of nitrogens with one attached hydrogen (secondary N) is 1. The predicted octanol–water partition coefficient (Wildman–Crippen LogP) is 3.12. The van der Waals surface area contributed by atoms with E-state index < -0.39 is 9.84 Å². The molecule has 3 N–H and O–H groups in total. The zero-order chi connectivity index (χ0) is 19.7. The summed E-state index contributed by atoms with van der Waals surface area (Å²) in [6.45, 7) is 0. The lowest BCUT2D eigenvalue weighted by Gasteiger charge is -2.26. The average Bonchev–Trinajstić information content (AvgIpc) is 3.14. The molecule has 2 aromatic carbocycles. The third-order valence-electron chi connectivity index (χ3n) is 5.84. The summed E-state index contributed by atoms with van der Waals surface area (Å²) in [7, 11) is -3.46. The topological polar surface area (TPSA) is 89.3 Å². The average molecular weight is 399 g/mol. The first kappa shape index (κ1) is 19.0. The molecule has 28 heavy (non-hydrogen) atoms. The summed E-state index contributed by atoms with van der Waals surface area (Å²) in [4.78, 5) is 12.8. The number of hydrogen-bond acceptors (Lipinski definition) is 4. The highest BCUT2D eigenvalue weighted by atomic mass is 32.2. The summed E-state index contributed by atoms with van der Waals surface area (Å²) < 4.78 is 25.3. The van der Waals surface area contributed by atoms with E-state index in [4.69, 9.17) is 5.73 Å². The largest absolute Gasteiger partial charge is 0.399 e. The van der Waals surface area contributed by atoms with Crippen LogP contribution < -0.4 is 11.1 Å². The summed E-state index contributed by atoms with van der Waals surface area (Å²) in [5.74, 6) is -0.390. The van der Waals surface area contributed by atoms with E-state index >= 15 is 0 Å². The van der Waals surface area contributed by atoms with E-state index in [9.17, 15) is 13.2 Å². The van der Waals surface area contributed by atoms with Gasteiger partial charge < -0.3 is 11.1 Å². The van der Waals surface area contributed by atoms with Crippen LogP contribution in [-0.2, 0) is 33.9 Å². The number of aryl methyl sites for hydroxylation is 3. The fourth-order valence-corrected chi connectivity index (χ4v) is 5.62. The number of anilines is 1. The second-order valence-corrected chi connectivity index (χ2v) is 9.93. The maximum atomic E-state index is 12.7. The van der Waals surface area contributed by atoms with Gasteiger partial charge in [-0.15, -0.1) is 0 Å². The van der Waals surface area contributed by atoms with Crippen LogP contribution >= 0.6 is 0 Å². The molecule has 1 atom stereocenters. The van der Waals surface area contributed by atoms with Crippen LogP contribution in [0.4, 0.5) is 5.69 Å². The second kappa shape index (κ2) is 7.59. The van der Waals surface area contributed by atoms with Crippen molar-refractivity contribution in [2.45, 2.75) is 55.9 Å². The number of nitrogen functional groups attached to an aromatic ring is 1. The van der Waals surface area contributed by atoms with Gasteiger partial charge in [-0.1, -0.05) is 12.1 Å². The smallest absolute Gasteiger partial charge is 0.221 e. The Morgan fingerprint density at radius 1 is 1.00 bits per heavy atom. The normalized spacial score (nSPS) is 18.4. The van der Waals surface area contributed by atoms with E-state index in [0.29, 0.717) is 4.90 Å². The van der Waals surface area contributed by atoms with Crippen LogP contribution in [0.2, 0.25) is 0 Å².